The summed E-state index contributed by atoms with van der Waals surface area (Å²) in [5.74, 6) is 1.03. The molecule has 0 aliphatic rings. The number of benzene rings is 6. The molecule has 0 saturated carbocycles. The highest BCUT2D eigenvalue weighted by molar-refractivity contribution is 7.26. The highest BCUT2D eigenvalue weighted by Crippen LogP contribution is 2.44. The lowest BCUT2D eigenvalue weighted by Gasteiger charge is -2.10. The Morgan fingerprint density at radius 1 is 0.405 bits per heavy atom. The van der Waals surface area contributed by atoms with E-state index in [1.54, 1.807) is 0 Å². The van der Waals surface area contributed by atoms with Crippen LogP contribution in [-0.2, 0) is 0 Å². The molecule has 6 aromatic carbocycles. The van der Waals surface area contributed by atoms with Gasteiger partial charge in [-0.1, -0.05) is 97.1 Å². The van der Waals surface area contributed by atoms with E-state index in [4.69, 9.17) is 4.42 Å². The molecule has 0 fully saturated rings. The molecule has 0 spiro atoms. The van der Waals surface area contributed by atoms with Crippen LogP contribution in [0.1, 0.15) is 0 Å². The number of nitrogens with zero attached hydrogens (tertiary/aromatic N) is 2. The second kappa shape index (κ2) is 10.3. The first-order chi connectivity index (χ1) is 20.8. The van der Waals surface area contributed by atoms with Crippen molar-refractivity contribution in [3.63, 3.8) is 0 Å². The van der Waals surface area contributed by atoms with Crippen molar-refractivity contribution in [3.05, 3.63) is 146 Å². The smallest absolute Gasteiger partial charge is 0.248 e. The van der Waals surface area contributed by atoms with Gasteiger partial charge in [-0.3, -0.25) is 0 Å². The average Bonchev–Trinajstić information content (AvgIpc) is 3.71. The van der Waals surface area contributed by atoms with E-state index in [2.05, 4.69) is 125 Å². The number of fused-ring (bicyclic) bond motifs is 3. The molecule has 0 N–H and O–H groups in total. The van der Waals surface area contributed by atoms with Crippen LogP contribution in [0.15, 0.2) is 150 Å². The van der Waals surface area contributed by atoms with E-state index in [1.807, 2.05) is 41.7 Å². The third-order valence-electron chi connectivity index (χ3n) is 7.67. The Kier molecular flexibility index (Phi) is 5.98. The predicted molar refractivity (Wildman–Crippen MR) is 174 cm³/mol. The number of rotatable bonds is 5. The van der Waals surface area contributed by atoms with Crippen LogP contribution in [0.25, 0.3) is 76.5 Å². The molecule has 0 atom stereocenters. The molecule has 8 rings (SSSR count). The van der Waals surface area contributed by atoms with Gasteiger partial charge in [0, 0.05) is 36.9 Å². The minimum atomic E-state index is 0.513. The van der Waals surface area contributed by atoms with Crippen LogP contribution in [0.2, 0.25) is 0 Å². The van der Waals surface area contributed by atoms with Gasteiger partial charge in [0.2, 0.25) is 11.8 Å². The number of aromatic nitrogens is 2. The maximum absolute atomic E-state index is 6.02. The van der Waals surface area contributed by atoms with Crippen LogP contribution in [0.4, 0.5) is 0 Å². The minimum Gasteiger partial charge on any atom is -0.416 e. The predicted octanol–water partition coefficient (Wildman–Crippen LogP) is 10.8. The van der Waals surface area contributed by atoms with E-state index < -0.39 is 0 Å². The molecule has 0 saturated heterocycles. The molecular weight excluding hydrogens is 532 g/mol. The molecule has 0 unspecified atom stereocenters. The van der Waals surface area contributed by atoms with E-state index in [-0.39, 0.29) is 0 Å². The van der Waals surface area contributed by atoms with E-state index in [0.29, 0.717) is 11.8 Å². The summed E-state index contributed by atoms with van der Waals surface area (Å²) in [4.78, 5) is 0. The van der Waals surface area contributed by atoms with Crippen LogP contribution in [0.3, 0.4) is 0 Å². The van der Waals surface area contributed by atoms with Crippen molar-refractivity contribution in [1.29, 1.82) is 0 Å². The van der Waals surface area contributed by atoms with Gasteiger partial charge in [-0.15, -0.1) is 21.5 Å². The number of thiophene rings is 1. The third-order valence-corrected chi connectivity index (χ3v) is 8.89. The zero-order chi connectivity index (χ0) is 27.9. The maximum Gasteiger partial charge on any atom is 0.248 e. The van der Waals surface area contributed by atoms with Gasteiger partial charge >= 0.3 is 0 Å². The molecule has 0 aliphatic heterocycles. The van der Waals surface area contributed by atoms with E-state index in [1.165, 1.54) is 48.0 Å². The van der Waals surface area contributed by atoms with Gasteiger partial charge in [0.1, 0.15) is 0 Å². The Labute approximate surface area is 247 Å². The second-order valence-electron chi connectivity index (χ2n) is 10.3. The highest BCUT2D eigenvalue weighted by Gasteiger charge is 2.16. The van der Waals surface area contributed by atoms with Gasteiger partial charge in [0.05, 0.1) is 0 Å². The zero-order valence-electron chi connectivity index (χ0n) is 22.6. The van der Waals surface area contributed by atoms with Crippen molar-refractivity contribution in [2.45, 2.75) is 0 Å². The lowest BCUT2D eigenvalue weighted by atomic mass is 9.95. The summed E-state index contributed by atoms with van der Waals surface area (Å²) < 4.78 is 8.58. The quantitative estimate of drug-likeness (QED) is 0.212. The lowest BCUT2D eigenvalue weighted by molar-refractivity contribution is 0.584. The lowest BCUT2D eigenvalue weighted by Crippen LogP contribution is -1.84. The molecule has 0 radical (unpaired) electrons. The van der Waals surface area contributed by atoms with Crippen LogP contribution in [0, 0.1) is 0 Å². The molecule has 2 aromatic heterocycles. The van der Waals surface area contributed by atoms with Crippen molar-refractivity contribution in [2.24, 2.45) is 0 Å². The van der Waals surface area contributed by atoms with Crippen LogP contribution in [-0.4, -0.2) is 10.2 Å². The van der Waals surface area contributed by atoms with Gasteiger partial charge in [0.15, 0.2) is 0 Å². The Bertz CT molecular complexity index is 2160. The summed E-state index contributed by atoms with van der Waals surface area (Å²) in [6, 6.07) is 51.0. The molecule has 4 heteroatoms. The fraction of sp³-hybridized carbons (Fsp3) is 0. The standard InChI is InChI=1S/C38H24N2OS/c1-4-10-25(11-5-1)30-20-21-35-33(22-30)34-24-31(26-12-6-2-7-13-26)23-32(36(34)42-35)27-16-18-29(19-17-27)38-40-39-37(41-38)28-14-8-3-9-15-28/h1-24H. The SMILES string of the molecule is c1ccc(-c2ccc3sc4c(-c5ccc(-c6nnc(-c7ccccc7)o6)cc5)cc(-c5ccccc5)cc4c3c2)cc1. The summed E-state index contributed by atoms with van der Waals surface area (Å²) >= 11 is 1.85. The molecule has 2 heterocycles. The number of hydrogen-bond acceptors (Lipinski definition) is 4. The van der Waals surface area contributed by atoms with E-state index >= 15 is 0 Å². The summed E-state index contributed by atoms with van der Waals surface area (Å²) in [5.41, 5.74) is 9.04. The largest absolute Gasteiger partial charge is 0.416 e. The van der Waals surface area contributed by atoms with E-state index in [0.717, 1.165) is 16.7 Å². The fourth-order valence-corrected chi connectivity index (χ4v) is 6.73. The molecule has 198 valence electrons. The van der Waals surface area contributed by atoms with Crippen molar-refractivity contribution < 1.29 is 4.42 Å². The maximum atomic E-state index is 6.02. The summed E-state index contributed by atoms with van der Waals surface area (Å²) in [7, 11) is 0. The van der Waals surface area contributed by atoms with Gasteiger partial charge in [0.25, 0.3) is 0 Å². The van der Waals surface area contributed by atoms with Crippen molar-refractivity contribution >= 4 is 31.5 Å². The molecule has 0 amide bonds. The average molecular weight is 557 g/mol. The molecule has 8 aromatic rings. The van der Waals surface area contributed by atoms with Gasteiger partial charge in [-0.25, -0.2) is 0 Å². The molecule has 42 heavy (non-hydrogen) atoms. The first kappa shape index (κ1) is 24.5. The highest BCUT2D eigenvalue weighted by atomic mass is 32.1. The summed E-state index contributed by atoms with van der Waals surface area (Å²) in [6.45, 7) is 0. The number of hydrogen-bond donors (Lipinski definition) is 0. The molecular formula is C38H24N2OS. The van der Waals surface area contributed by atoms with Crippen LogP contribution in [0.5, 0.6) is 0 Å². The topological polar surface area (TPSA) is 38.9 Å². The Balaban J connectivity index is 1.26. The monoisotopic (exact) mass is 556 g/mol. The van der Waals surface area contributed by atoms with Crippen molar-refractivity contribution in [3.8, 4) is 56.3 Å². The van der Waals surface area contributed by atoms with E-state index in [9.17, 15) is 0 Å². The van der Waals surface area contributed by atoms with Crippen LogP contribution >= 0.6 is 11.3 Å². The zero-order valence-corrected chi connectivity index (χ0v) is 23.4. The Morgan fingerprint density at radius 2 is 0.905 bits per heavy atom. The van der Waals surface area contributed by atoms with Gasteiger partial charge < -0.3 is 4.42 Å². The second-order valence-corrected chi connectivity index (χ2v) is 11.4. The summed E-state index contributed by atoms with van der Waals surface area (Å²) in [6.07, 6.45) is 0. The molecule has 3 nitrogen and oxygen atoms in total. The van der Waals surface area contributed by atoms with Crippen molar-refractivity contribution in [2.75, 3.05) is 0 Å². The summed E-state index contributed by atoms with van der Waals surface area (Å²) in [5, 5.41) is 11.1. The van der Waals surface area contributed by atoms with Gasteiger partial charge in [-0.2, -0.15) is 0 Å². The Morgan fingerprint density at radius 3 is 1.55 bits per heavy atom. The third kappa shape index (κ3) is 4.39. The minimum absolute atomic E-state index is 0.513. The molecule has 0 bridgehead atoms. The fourth-order valence-electron chi connectivity index (χ4n) is 5.53. The molecule has 0 aliphatic carbocycles. The van der Waals surface area contributed by atoms with Crippen molar-refractivity contribution in [1.82, 2.24) is 10.2 Å². The van der Waals surface area contributed by atoms with Crippen LogP contribution < -0.4 is 0 Å². The van der Waals surface area contributed by atoms with Gasteiger partial charge in [-0.05, 0) is 76.3 Å². The first-order valence-corrected chi connectivity index (χ1v) is 14.7. The normalized spacial score (nSPS) is 11.3. The Hall–Kier alpha value is -5.32. The first-order valence-electron chi connectivity index (χ1n) is 13.9.